The molecule has 1 heterocycles. The van der Waals surface area contributed by atoms with Crippen LogP contribution in [0.4, 0.5) is 18.9 Å². The first-order valence-corrected chi connectivity index (χ1v) is 9.91. The SMILES string of the molecule is CNS(=O)(=O)c1ccc(N2CCC(=Cc3ccc(F)c(F)c3)CC2)c(F)c1. The number of nitrogens with zero attached hydrogens (tertiary/aromatic N) is 1. The van der Waals surface area contributed by atoms with E-state index in [4.69, 9.17) is 0 Å². The maximum atomic E-state index is 14.4. The van der Waals surface area contributed by atoms with E-state index < -0.39 is 27.5 Å². The fraction of sp³-hybridized carbons (Fsp3) is 0.263. The van der Waals surface area contributed by atoms with Crippen molar-refractivity contribution in [1.82, 2.24) is 4.72 Å². The van der Waals surface area contributed by atoms with E-state index in [1.165, 1.54) is 25.2 Å². The van der Waals surface area contributed by atoms with Gasteiger partial charge in [0.15, 0.2) is 11.6 Å². The molecule has 0 amide bonds. The maximum absolute atomic E-state index is 14.4. The molecule has 0 bridgehead atoms. The van der Waals surface area contributed by atoms with Gasteiger partial charge in [-0.2, -0.15) is 0 Å². The summed E-state index contributed by atoms with van der Waals surface area (Å²) in [7, 11) is -2.42. The molecule has 0 atom stereocenters. The normalized spacial score (nSPS) is 15.1. The molecule has 1 saturated heterocycles. The molecule has 0 aromatic heterocycles. The molecule has 0 saturated carbocycles. The third kappa shape index (κ3) is 4.33. The number of sulfonamides is 1. The average molecular weight is 396 g/mol. The van der Waals surface area contributed by atoms with Crippen molar-refractivity contribution in [2.24, 2.45) is 0 Å². The van der Waals surface area contributed by atoms with E-state index in [0.29, 0.717) is 37.2 Å². The first-order valence-electron chi connectivity index (χ1n) is 8.43. The number of nitrogens with one attached hydrogen (secondary N) is 1. The van der Waals surface area contributed by atoms with Crippen molar-refractivity contribution in [2.45, 2.75) is 17.7 Å². The quantitative estimate of drug-likeness (QED) is 0.858. The zero-order valence-corrected chi connectivity index (χ0v) is 15.5. The highest BCUT2D eigenvalue weighted by Crippen LogP contribution is 2.28. The lowest BCUT2D eigenvalue weighted by Gasteiger charge is -2.31. The Morgan fingerprint density at radius 2 is 1.67 bits per heavy atom. The second-order valence-electron chi connectivity index (χ2n) is 6.28. The van der Waals surface area contributed by atoms with Crippen molar-refractivity contribution < 1.29 is 21.6 Å². The Hall–Kier alpha value is -2.32. The predicted molar refractivity (Wildman–Crippen MR) is 98.4 cm³/mol. The molecular formula is C19H19F3N2O2S. The van der Waals surface area contributed by atoms with Gasteiger partial charge in [0.1, 0.15) is 5.82 Å². The second kappa shape index (κ2) is 7.74. The van der Waals surface area contributed by atoms with Gasteiger partial charge in [0.05, 0.1) is 10.6 Å². The number of rotatable bonds is 4. The molecule has 3 rings (SSSR count). The summed E-state index contributed by atoms with van der Waals surface area (Å²) in [5.41, 5.74) is 1.99. The Kier molecular flexibility index (Phi) is 5.57. The van der Waals surface area contributed by atoms with E-state index in [-0.39, 0.29) is 4.90 Å². The van der Waals surface area contributed by atoms with Crippen LogP contribution in [0.3, 0.4) is 0 Å². The highest BCUT2D eigenvalue weighted by Gasteiger charge is 2.20. The van der Waals surface area contributed by atoms with Gasteiger partial charge < -0.3 is 4.90 Å². The Balaban J connectivity index is 1.72. The lowest BCUT2D eigenvalue weighted by molar-refractivity contribution is 0.508. The molecule has 1 aliphatic heterocycles. The van der Waals surface area contributed by atoms with Crippen LogP contribution in [-0.4, -0.2) is 28.6 Å². The highest BCUT2D eigenvalue weighted by molar-refractivity contribution is 7.89. The van der Waals surface area contributed by atoms with E-state index in [9.17, 15) is 21.6 Å². The Bertz CT molecular complexity index is 980. The molecule has 8 heteroatoms. The van der Waals surface area contributed by atoms with E-state index in [1.54, 1.807) is 0 Å². The zero-order chi connectivity index (χ0) is 19.6. The van der Waals surface area contributed by atoms with Crippen LogP contribution in [0.5, 0.6) is 0 Å². The number of hydrogen-bond donors (Lipinski definition) is 1. The largest absolute Gasteiger partial charge is 0.369 e. The summed E-state index contributed by atoms with van der Waals surface area (Å²) in [5.74, 6) is -2.37. The van der Waals surface area contributed by atoms with Crippen LogP contribution in [0.2, 0.25) is 0 Å². The molecule has 0 unspecified atom stereocenters. The highest BCUT2D eigenvalue weighted by atomic mass is 32.2. The fourth-order valence-electron chi connectivity index (χ4n) is 3.05. The third-order valence-corrected chi connectivity index (χ3v) is 5.97. The van der Waals surface area contributed by atoms with Crippen LogP contribution in [0.15, 0.2) is 46.9 Å². The Labute approximate surface area is 156 Å². The van der Waals surface area contributed by atoms with Crippen LogP contribution in [-0.2, 0) is 10.0 Å². The minimum absolute atomic E-state index is 0.123. The van der Waals surface area contributed by atoms with Crippen molar-refractivity contribution >= 4 is 21.8 Å². The standard InChI is InChI=1S/C19H19F3N2O2S/c1-23-27(25,26)15-3-5-19(18(22)12-15)24-8-6-13(7-9-24)10-14-2-4-16(20)17(21)11-14/h2-5,10-12,23H,6-9H2,1H3. The van der Waals surface area contributed by atoms with Gasteiger partial charge in [0, 0.05) is 13.1 Å². The summed E-state index contributed by atoms with van der Waals surface area (Å²) in [5, 5.41) is 0. The van der Waals surface area contributed by atoms with Crippen LogP contribution >= 0.6 is 0 Å². The van der Waals surface area contributed by atoms with Gasteiger partial charge in [-0.05, 0) is 55.8 Å². The average Bonchev–Trinajstić information content (AvgIpc) is 2.65. The van der Waals surface area contributed by atoms with E-state index >= 15 is 0 Å². The first-order chi connectivity index (χ1) is 12.8. The Morgan fingerprint density at radius 3 is 2.26 bits per heavy atom. The number of hydrogen-bond acceptors (Lipinski definition) is 3. The number of halogens is 3. The zero-order valence-electron chi connectivity index (χ0n) is 14.7. The van der Waals surface area contributed by atoms with E-state index in [0.717, 1.165) is 23.8 Å². The van der Waals surface area contributed by atoms with Crippen molar-refractivity contribution in [3.05, 3.63) is 65.0 Å². The lowest BCUT2D eigenvalue weighted by Crippen LogP contribution is -2.31. The number of anilines is 1. The summed E-state index contributed by atoms with van der Waals surface area (Å²) < 4.78 is 66.4. The summed E-state index contributed by atoms with van der Waals surface area (Å²) in [6, 6.07) is 7.59. The summed E-state index contributed by atoms with van der Waals surface area (Å²) in [6.45, 7) is 1.09. The lowest BCUT2D eigenvalue weighted by atomic mass is 10.0. The smallest absolute Gasteiger partial charge is 0.240 e. The molecule has 1 aliphatic rings. The van der Waals surface area contributed by atoms with Crippen molar-refractivity contribution in [3.8, 4) is 0 Å². The molecule has 0 aliphatic carbocycles. The van der Waals surface area contributed by atoms with Crippen LogP contribution in [0.1, 0.15) is 18.4 Å². The second-order valence-corrected chi connectivity index (χ2v) is 8.17. The fourth-order valence-corrected chi connectivity index (χ4v) is 3.79. The third-order valence-electron chi connectivity index (χ3n) is 4.56. The summed E-state index contributed by atoms with van der Waals surface area (Å²) in [4.78, 5) is 1.72. The molecule has 27 heavy (non-hydrogen) atoms. The minimum Gasteiger partial charge on any atom is -0.369 e. The minimum atomic E-state index is -3.69. The van der Waals surface area contributed by atoms with Crippen molar-refractivity contribution in [2.75, 3.05) is 25.0 Å². The first kappa shape index (κ1) is 19.4. The molecule has 0 spiro atoms. The van der Waals surface area contributed by atoms with Crippen LogP contribution < -0.4 is 9.62 Å². The van der Waals surface area contributed by atoms with E-state index in [1.807, 2.05) is 11.0 Å². The van der Waals surface area contributed by atoms with Gasteiger partial charge >= 0.3 is 0 Å². The Morgan fingerprint density at radius 1 is 0.963 bits per heavy atom. The monoisotopic (exact) mass is 396 g/mol. The van der Waals surface area contributed by atoms with Crippen LogP contribution in [0, 0.1) is 17.5 Å². The van der Waals surface area contributed by atoms with Crippen molar-refractivity contribution in [1.29, 1.82) is 0 Å². The predicted octanol–water partition coefficient (Wildman–Crippen LogP) is 3.70. The molecule has 4 nitrogen and oxygen atoms in total. The summed E-state index contributed by atoms with van der Waals surface area (Å²) >= 11 is 0. The van der Waals surface area contributed by atoms with E-state index in [2.05, 4.69) is 4.72 Å². The van der Waals surface area contributed by atoms with Crippen molar-refractivity contribution in [3.63, 3.8) is 0 Å². The number of piperidine rings is 1. The molecule has 0 radical (unpaired) electrons. The van der Waals surface area contributed by atoms with Gasteiger partial charge in [-0.25, -0.2) is 26.3 Å². The van der Waals surface area contributed by atoms with Gasteiger partial charge in [0.2, 0.25) is 10.0 Å². The van der Waals surface area contributed by atoms with Crippen LogP contribution in [0.25, 0.3) is 6.08 Å². The summed E-state index contributed by atoms with van der Waals surface area (Å²) in [6.07, 6.45) is 3.11. The molecule has 2 aromatic rings. The van der Waals surface area contributed by atoms with Gasteiger partial charge in [-0.15, -0.1) is 0 Å². The number of benzene rings is 2. The topological polar surface area (TPSA) is 49.4 Å². The molecule has 1 fully saturated rings. The van der Waals surface area contributed by atoms with Gasteiger partial charge in [-0.3, -0.25) is 0 Å². The molecule has 144 valence electrons. The molecule has 2 aromatic carbocycles. The van der Waals surface area contributed by atoms with Gasteiger partial charge in [-0.1, -0.05) is 17.7 Å². The van der Waals surface area contributed by atoms with Gasteiger partial charge in [0.25, 0.3) is 0 Å². The molecule has 1 N–H and O–H groups in total. The molecular weight excluding hydrogens is 377 g/mol. The maximum Gasteiger partial charge on any atom is 0.240 e.